The van der Waals surface area contributed by atoms with E-state index in [2.05, 4.69) is 26.2 Å². The molecule has 2 fully saturated rings. The number of halogens is 1. The van der Waals surface area contributed by atoms with Crippen molar-refractivity contribution in [2.24, 2.45) is 12.5 Å². The average molecular weight is 414 g/mol. The Balaban J connectivity index is 1.76. The molecule has 1 aliphatic carbocycles. The molecule has 1 saturated heterocycles. The van der Waals surface area contributed by atoms with E-state index in [0.29, 0.717) is 5.41 Å². The summed E-state index contributed by atoms with van der Waals surface area (Å²) in [4.78, 5) is 16.8. The van der Waals surface area contributed by atoms with E-state index in [1.807, 2.05) is 38.6 Å². The number of aryl methyl sites for hydroxylation is 1. The van der Waals surface area contributed by atoms with Crippen LogP contribution in [-0.4, -0.2) is 40.8 Å². The third-order valence-corrected chi connectivity index (χ3v) is 5.64. The molecule has 1 aromatic heterocycles. The number of hydrogen-bond donors (Lipinski definition) is 1. The molecule has 1 spiro atoms. The van der Waals surface area contributed by atoms with Crippen molar-refractivity contribution in [3.8, 4) is 0 Å². The second kappa shape index (κ2) is 6.67. The van der Waals surface area contributed by atoms with E-state index < -0.39 is 11.2 Å². The van der Waals surface area contributed by atoms with Crippen molar-refractivity contribution < 1.29 is 14.3 Å². The van der Waals surface area contributed by atoms with E-state index in [4.69, 9.17) is 9.47 Å². The highest BCUT2D eigenvalue weighted by Gasteiger charge is 2.49. The molecule has 3 rings (SSSR count). The lowest BCUT2D eigenvalue weighted by atomic mass is 9.65. The normalized spacial score (nSPS) is 21.8. The first-order valence-electron chi connectivity index (χ1n) is 8.89. The van der Waals surface area contributed by atoms with Crippen LogP contribution in [0.3, 0.4) is 0 Å². The molecule has 1 N–H and O–H groups in total. The number of nitrogens with one attached hydrogen (secondary N) is 1. The molecule has 0 bridgehead atoms. The minimum Gasteiger partial charge on any atom is -0.458 e. The van der Waals surface area contributed by atoms with Gasteiger partial charge in [0.2, 0.25) is 0 Å². The molecule has 1 aliphatic heterocycles. The van der Waals surface area contributed by atoms with Gasteiger partial charge in [0.05, 0.1) is 0 Å². The fourth-order valence-electron chi connectivity index (χ4n) is 3.87. The zero-order valence-electron chi connectivity index (χ0n) is 15.5. The topological polar surface area (TPSA) is 65.4 Å². The minimum atomic E-state index is -0.529. The molecule has 25 heavy (non-hydrogen) atoms. The maximum atomic E-state index is 12.2. The van der Waals surface area contributed by atoms with Gasteiger partial charge in [-0.05, 0) is 67.8 Å². The average Bonchev–Trinajstić information content (AvgIpc) is 2.82. The lowest BCUT2D eigenvalue weighted by Gasteiger charge is -2.50. The third kappa shape index (κ3) is 4.09. The molecule has 1 aromatic rings. The number of imidazole rings is 1. The van der Waals surface area contributed by atoms with Gasteiger partial charge >= 0.3 is 5.97 Å². The van der Waals surface area contributed by atoms with Gasteiger partial charge in [0.25, 0.3) is 0 Å². The molecule has 7 heteroatoms. The largest absolute Gasteiger partial charge is 0.458 e. The maximum Gasteiger partial charge on any atom is 0.332 e. The Labute approximate surface area is 157 Å². The fourth-order valence-corrected chi connectivity index (χ4v) is 4.35. The smallest absolute Gasteiger partial charge is 0.332 e. The number of ether oxygens (including phenoxy) is 2. The van der Waals surface area contributed by atoms with Crippen LogP contribution in [0.25, 0.3) is 0 Å². The van der Waals surface area contributed by atoms with Crippen molar-refractivity contribution >= 4 is 21.9 Å². The third-order valence-electron chi connectivity index (χ3n) is 5.26. The van der Waals surface area contributed by atoms with Crippen molar-refractivity contribution in [3.05, 3.63) is 16.6 Å². The van der Waals surface area contributed by atoms with Gasteiger partial charge in [0.15, 0.2) is 0 Å². The number of carbonyl (C=O) groups is 1. The van der Waals surface area contributed by atoms with E-state index in [1.165, 1.54) is 0 Å². The van der Waals surface area contributed by atoms with Crippen LogP contribution < -0.4 is 5.32 Å². The molecular weight excluding hydrogens is 386 g/mol. The highest BCUT2D eigenvalue weighted by Crippen LogP contribution is 2.49. The molecule has 0 atom stereocenters. The van der Waals surface area contributed by atoms with Gasteiger partial charge in [-0.1, -0.05) is 0 Å². The summed E-state index contributed by atoms with van der Waals surface area (Å²) in [6.07, 6.45) is 5.84. The van der Waals surface area contributed by atoms with Crippen LogP contribution in [0.2, 0.25) is 0 Å². The van der Waals surface area contributed by atoms with Gasteiger partial charge in [-0.25, -0.2) is 9.78 Å². The Hall–Kier alpha value is -0.920. The highest BCUT2D eigenvalue weighted by atomic mass is 79.9. The Bertz CT molecular complexity index is 636. The first kappa shape index (κ1) is 18.9. The number of carbonyl (C=O) groups excluding carboxylic acids is 1. The van der Waals surface area contributed by atoms with Crippen LogP contribution >= 0.6 is 15.9 Å². The Morgan fingerprint density at radius 2 is 1.96 bits per heavy atom. The van der Waals surface area contributed by atoms with E-state index in [0.717, 1.165) is 49.2 Å². The zero-order valence-corrected chi connectivity index (χ0v) is 17.1. The molecule has 0 aromatic carbocycles. The SMILES string of the molecule is Cn1cc(Br)nc1C1(OCC(=O)OC(C)(C)C)CCC2(CC1)CNC2. The van der Waals surface area contributed by atoms with Gasteiger partial charge < -0.3 is 19.4 Å². The lowest BCUT2D eigenvalue weighted by molar-refractivity contribution is -0.174. The number of hydrogen-bond acceptors (Lipinski definition) is 5. The Kier molecular flexibility index (Phi) is 5.03. The van der Waals surface area contributed by atoms with Crippen LogP contribution in [-0.2, 0) is 26.9 Å². The minimum absolute atomic E-state index is 0.0486. The number of esters is 1. The van der Waals surface area contributed by atoms with Gasteiger partial charge in [-0.3, -0.25) is 0 Å². The molecule has 1 saturated carbocycles. The van der Waals surface area contributed by atoms with E-state index in [-0.39, 0.29) is 12.6 Å². The predicted molar refractivity (Wildman–Crippen MR) is 98.2 cm³/mol. The Morgan fingerprint density at radius 3 is 2.40 bits per heavy atom. The fraction of sp³-hybridized carbons (Fsp3) is 0.778. The monoisotopic (exact) mass is 413 g/mol. The molecule has 140 valence electrons. The summed E-state index contributed by atoms with van der Waals surface area (Å²) in [5.74, 6) is 0.552. The summed E-state index contributed by atoms with van der Waals surface area (Å²) < 4.78 is 14.4. The second-order valence-electron chi connectivity index (χ2n) is 8.47. The van der Waals surface area contributed by atoms with Crippen molar-refractivity contribution in [1.29, 1.82) is 0 Å². The zero-order chi connectivity index (χ0) is 18.3. The molecule has 0 unspecified atom stereocenters. The van der Waals surface area contributed by atoms with Crippen molar-refractivity contribution in [1.82, 2.24) is 14.9 Å². The van der Waals surface area contributed by atoms with E-state index in [9.17, 15) is 4.79 Å². The predicted octanol–water partition coefficient (Wildman–Crippen LogP) is 2.90. The van der Waals surface area contributed by atoms with Gasteiger partial charge in [-0.15, -0.1) is 0 Å². The Morgan fingerprint density at radius 1 is 1.32 bits per heavy atom. The highest BCUT2D eigenvalue weighted by molar-refractivity contribution is 9.10. The van der Waals surface area contributed by atoms with Gasteiger partial charge in [0, 0.05) is 26.3 Å². The molecule has 2 heterocycles. The molecule has 2 aliphatic rings. The molecule has 6 nitrogen and oxygen atoms in total. The van der Waals surface area contributed by atoms with Crippen LogP contribution in [0, 0.1) is 5.41 Å². The van der Waals surface area contributed by atoms with E-state index >= 15 is 0 Å². The van der Waals surface area contributed by atoms with Crippen LogP contribution in [0.5, 0.6) is 0 Å². The van der Waals surface area contributed by atoms with Crippen LogP contribution in [0.1, 0.15) is 52.3 Å². The molecular formula is C18H28BrN3O3. The van der Waals surface area contributed by atoms with Crippen molar-refractivity contribution in [2.75, 3.05) is 19.7 Å². The summed E-state index contributed by atoms with van der Waals surface area (Å²) >= 11 is 3.45. The lowest BCUT2D eigenvalue weighted by Crippen LogP contribution is -2.57. The van der Waals surface area contributed by atoms with E-state index in [1.54, 1.807) is 0 Å². The van der Waals surface area contributed by atoms with Crippen LogP contribution in [0.15, 0.2) is 10.8 Å². The first-order valence-corrected chi connectivity index (χ1v) is 9.68. The number of nitrogens with zero attached hydrogens (tertiary/aromatic N) is 2. The summed E-state index contributed by atoms with van der Waals surface area (Å²) in [5, 5.41) is 3.39. The summed E-state index contributed by atoms with van der Waals surface area (Å²) in [5.41, 5.74) is -0.631. The standard InChI is InChI=1S/C18H28BrN3O3/c1-16(2,3)25-14(23)10-24-18(15-21-13(19)9-22(15)4)7-5-17(6-8-18)11-20-12-17/h9,20H,5-8,10-12H2,1-4H3. The summed E-state index contributed by atoms with van der Waals surface area (Å²) in [6, 6.07) is 0. The quantitative estimate of drug-likeness (QED) is 0.768. The number of aromatic nitrogens is 2. The maximum absolute atomic E-state index is 12.2. The summed E-state index contributed by atoms with van der Waals surface area (Å²) in [6.45, 7) is 7.71. The van der Waals surface area contributed by atoms with Gasteiger partial charge in [0.1, 0.15) is 28.2 Å². The van der Waals surface area contributed by atoms with Crippen molar-refractivity contribution in [2.45, 2.75) is 57.7 Å². The number of rotatable bonds is 4. The molecule has 0 amide bonds. The van der Waals surface area contributed by atoms with Crippen molar-refractivity contribution in [3.63, 3.8) is 0 Å². The van der Waals surface area contributed by atoms with Gasteiger partial charge in [-0.2, -0.15) is 0 Å². The summed E-state index contributed by atoms with van der Waals surface area (Å²) in [7, 11) is 1.97. The molecule has 0 radical (unpaired) electrons. The van der Waals surface area contributed by atoms with Crippen LogP contribution in [0.4, 0.5) is 0 Å². The first-order chi connectivity index (χ1) is 11.6. The second-order valence-corrected chi connectivity index (χ2v) is 9.28.